The molecule has 1 nitrogen and oxygen atoms in total. The number of benzene rings is 2. The summed E-state index contributed by atoms with van der Waals surface area (Å²) >= 11 is 0. The molecule has 1 saturated heterocycles. The van der Waals surface area contributed by atoms with Crippen molar-refractivity contribution in [1.29, 1.82) is 0 Å². The molecular formula is C18H24ClN. The van der Waals surface area contributed by atoms with Gasteiger partial charge in [-0.2, -0.15) is 0 Å². The smallest absolute Gasteiger partial charge is 0.00191 e. The van der Waals surface area contributed by atoms with Crippen LogP contribution in [0.25, 0.3) is 10.8 Å². The monoisotopic (exact) mass is 289 g/mol. The number of fused-ring (bicyclic) bond motifs is 1. The molecule has 108 valence electrons. The second-order valence-electron chi connectivity index (χ2n) is 5.92. The van der Waals surface area contributed by atoms with Crippen molar-refractivity contribution in [2.24, 2.45) is 5.92 Å². The molecule has 2 aromatic carbocycles. The zero-order valence-corrected chi connectivity index (χ0v) is 13.0. The van der Waals surface area contributed by atoms with Crippen molar-refractivity contribution in [1.82, 2.24) is 4.90 Å². The maximum Gasteiger partial charge on any atom is -0.00191 e. The van der Waals surface area contributed by atoms with Crippen molar-refractivity contribution in [3.8, 4) is 0 Å². The molecule has 2 heteroatoms. The van der Waals surface area contributed by atoms with Gasteiger partial charge in [0.25, 0.3) is 0 Å². The van der Waals surface area contributed by atoms with Crippen molar-refractivity contribution in [2.45, 2.75) is 25.7 Å². The van der Waals surface area contributed by atoms with E-state index in [0.29, 0.717) is 0 Å². The first-order valence-electron chi connectivity index (χ1n) is 7.48. The third kappa shape index (κ3) is 3.53. The Kier molecular flexibility index (Phi) is 5.45. The first kappa shape index (κ1) is 15.3. The molecule has 0 unspecified atom stereocenters. The average molecular weight is 290 g/mol. The van der Waals surface area contributed by atoms with Crippen LogP contribution in [-0.2, 0) is 6.42 Å². The largest absolute Gasteiger partial charge is 0.306 e. The third-order valence-electron chi connectivity index (χ3n) is 4.54. The maximum atomic E-state index is 2.45. The van der Waals surface area contributed by atoms with E-state index < -0.39 is 0 Å². The number of rotatable bonds is 3. The lowest BCUT2D eigenvalue weighted by Gasteiger charge is -2.29. The van der Waals surface area contributed by atoms with E-state index in [2.05, 4.69) is 54.4 Å². The molecule has 20 heavy (non-hydrogen) atoms. The van der Waals surface area contributed by atoms with E-state index in [1.165, 1.54) is 55.1 Å². The zero-order chi connectivity index (χ0) is 13.1. The number of nitrogens with zero attached hydrogens (tertiary/aromatic N) is 1. The minimum atomic E-state index is 0. The Balaban J connectivity index is 0.00000147. The summed E-state index contributed by atoms with van der Waals surface area (Å²) in [6.45, 7) is 2.56. The summed E-state index contributed by atoms with van der Waals surface area (Å²) < 4.78 is 0. The van der Waals surface area contributed by atoms with Gasteiger partial charge < -0.3 is 4.90 Å². The quantitative estimate of drug-likeness (QED) is 0.802. The van der Waals surface area contributed by atoms with Gasteiger partial charge in [-0.3, -0.25) is 0 Å². The van der Waals surface area contributed by atoms with E-state index in [1.807, 2.05) is 0 Å². The van der Waals surface area contributed by atoms with E-state index in [0.717, 1.165) is 5.92 Å². The molecule has 2 aromatic rings. The summed E-state index contributed by atoms with van der Waals surface area (Å²) in [5.74, 6) is 0.926. The fourth-order valence-electron chi connectivity index (χ4n) is 3.22. The molecule has 0 aliphatic carbocycles. The Morgan fingerprint density at radius 3 is 2.50 bits per heavy atom. The molecule has 0 aromatic heterocycles. The predicted octanol–water partition coefficient (Wildman–Crippen LogP) is 4.54. The number of piperidine rings is 1. The molecule has 0 amide bonds. The molecule has 1 aliphatic heterocycles. The maximum absolute atomic E-state index is 2.45. The molecule has 1 heterocycles. The van der Waals surface area contributed by atoms with E-state index >= 15 is 0 Å². The van der Waals surface area contributed by atoms with E-state index in [-0.39, 0.29) is 12.4 Å². The first-order chi connectivity index (χ1) is 9.33. The number of likely N-dealkylation sites (tertiary alicyclic amines) is 1. The second kappa shape index (κ2) is 7.10. The van der Waals surface area contributed by atoms with Crippen molar-refractivity contribution in [3.63, 3.8) is 0 Å². The lowest BCUT2D eigenvalue weighted by atomic mass is 9.89. The van der Waals surface area contributed by atoms with Gasteiger partial charge >= 0.3 is 0 Å². The SMILES string of the molecule is CN1CCC(CCc2cccc3ccccc23)CC1.Cl. The summed E-state index contributed by atoms with van der Waals surface area (Å²) in [4.78, 5) is 2.45. The lowest BCUT2D eigenvalue weighted by molar-refractivity contribution is 0.212. The molecule has 1 aliphatic rings. The van der Waals surface area contributed by atoms with Crippen molar-refractivity contribution in [3.05, 3.63) is 48.0 Å². The molecule has 0 radical (unpaired) electrons. The van der Waals surface area contributed by atoms with Crippen LogP contribution in [-0.4, -0.2) is 25.0 Å². The Morgan fingerprint density at radius 1 is 1.00 bits per heavy atom. The lowest BCUT2D eigenvalue weighted by Crippen LogP contribution is -2.30. The van der Waals surface area contributed by atoms with Crippen LogP contribution in [0.4, 0.5) is 0 Å². The zero-order valence-electron chi connectivity index (χ0n) is 12.2. The molecule has 0 N–H and O–H groups in total. The number of hydrogen-bond acceptors (Lipinski definition) is 1. The highest BCUT2D eigenvalue weighted by Gasteiger charge is 2.16. The summed E-state index contributed by atoms with van der Waals surface area (Å²) in [6.07, 6.45) is 5.33. The fraction of sp³-hybridized carbons (Fsp3) is 0.444. The van der Waals surface area contributed by atoms with Gasteiger partial charge in [-0.15, -0.1) is 12.4 Å². The van der Waals surface area contributed by atoms with Crippen molar-refractivity contribution < 1.29 is 0 Å². The van der Waals surface area contributed by atoms with Crippen LogP contribution in [0, 0.1) is 5.92 Å². The van der Waals surface area contributed by atoms with Crippen LogP contribution < -0.4 is 0 Å². The topological polar surface area (TPSA) is 3.24 Å². The number of halogens is 1. The second-order valence-corrected chi connectivity index (χ2v) is 5.92. The molecule has 0 atom stereocenters. The minimum absolute atomic E-state index is 0. The minimum Gasteiger partial charge on any atom is -0.306 e. The van der Waals surface area contributed by atoms with Gasteiger partial charge in [0.1, 0.15) is 0 Å². The fourth-order valence-corrected chi connectivity index (χ4v) is 3.22. The molecule has 0 bridgehead atoms. The van der Waals surface area contributed by atoms with Crippen molar-refractivity contribution >= 4 is 23.2 Å². The van der Waals surface area contributed by atoms with Crippen LogP contribution in [0.1, 0.15) is 24.8 Å². The standard InChI is InChI=1S/C18H23N.ClH/c1-19-13-11-15(12-14-19)9-10-17-7-4-6-16-5-2-3-8-18(16)17;/h2-8,15H,9-14H2,1H3;1H. The molecule has 1 fully saturated rings. The summed E-state index contributed by atoms with van der Waals surface area (Å²) in [6, 6.07) is 15.5. The highest BCUT2D eigenvalue weighted by atomic mass is 35.5. The van der Waals surface area contributed by atoms with E-state index in [9.17, 15) is 0 Å². The summed E-state index contributed by atoms with van der Waals surface area (Å²) in [5.41, 5.74) is 1.53. The van der Waals surface area contributed by atoms with Crippen molar-refractivity contribution in [2.75, 3.05) is 20.1 Å². The Bertz CT molecular complexity index is 539. The Hall–Kier alpha value is -1.05. The normalized spacial score (nSPS) is 17.1. The average Bonchev–Trinajstić information content (AvgIpc) is 2.47. The molecule has 0 saturated carbocycles. The Labute approximate surface area is 128 Å². The molecule has 0 spiro atoms. The van der Waals surface area contributed by atoms with E-state index in [1.54, 1.807) is 0 Å². The summed E-state index contributed by atoms with van der Waals surface area (Å²) in [5, 5.41) is 2.82. The highest BCUT2D eigenvalue weighted by Crippen LogP contribution is 2.25. The van der Waals surface area contributed by atoms with Gasteiger partial charge in [0.2, 0.25) is 0 Å². The van der Waals surface area contributed by atoms with Crippen LogP contribution in [0.15, 0.2) is 42.5 Å². The third-order valence-corrected chi connectivity index (χ3v) is 4.54. The van der Waals surface area contributed by atoms with Gasteiger partial charge in [-0.05, 0) is 68.1 Å². The first-order valence-corrected chi connectivity index (χ1v) is 7.48. The van der Waals surface area contributed by atoms with Gasteiger partial charge in [-0.25, -0.2) is 0 Å². The van der Waals surface area contributed by atoms with Gasteiger partial charge in [0.05, 0.1) is 0 Å². The molecular weight excluding hydrogens is 266 g/mol. The number of hydrogen-bond donors (Lipinski definition) is 0. The van der Waals surface area contributed by atoms with Crippen LogP contribution in [0.5, 0.6) is 0 Å². The predicted molar refractivity (Wildman–Crippen MR) is 89.7 cm³/mol. The van der Waals surface area contributed by atoms with Crippen LogP contribution in [0.2, 0.25) is 0 Å². The highest BCUT2D eigenvalue weighted by molar-refractivity contribution is 5.85. The van der Waals surface area contributed by atoms with E-state index in [4.69, 9.17) is 0 Å². The molecule has 3 rings (SSSR count). The van der Waals surface area contributed by atoms with Gasteiger partial charge in [0, 0.05) is 0 Å². The Morgan fingerprint density at radius 2 is 1.70 bits per heavy atom. The number of aryl methyl sites for hydroxylation is 1. The van der Waals surface area contributed by atoms with Crippen LogP contribution >= 0.6 is 12.4 Å². The van der Waals surface area contributed by atoms with Crippen LogP contribution in [0.3, 0.4) is 0 Å². The van der Waals surface area contributed by atoms with Gasteiger partial charge in [0.15, 0.2) is 0 Å². The van der Waals surface area contributed by atoms with Gasteiger partial charge in [-0.1, -0.05) is 42.5 Å². The summed E-state index contributed by atoms with van der Waals surface area (Å²) in [7, 11) is 2.24.